The molecule has 6 heteroatoms. The summed E-state index contributed by atoms with van der Waals surface area (Å²) in [6, 6.07) is 6.96. The van der Waals surface area contributed by atoms with Crippen LogP contribution in [0, 0.1) is 0 Å². The van der Waals surface area contributed by atoms with Crippen LogP contribution >= 0.6 is 0 Å². The van der Waals surface area contributed by atoms with Gasteiger partial charge < -0.3 is 0 Å². The van der Waals surface area contributed by atoms with Crippen LogP contribution in [0.3, 0.4) is 0 Å². The Kier molecular flexibility index (Phi) is 1.99. The fourth-order valence-electron chi connectivity index (χ4n) is 1.18. The molecule has 74 valence electrons. The standard InChI is InChI=1S/C8H9N3O2S/c1-2-14(12,13)11-8-6-4-3-5-7(8)9-10-11/h3-6H,2H2,1H3. The van der Waals surface area contributed by atoms with Gasteiger partial charge in [-0.25, -0.2) is 8.42 Å². The molecule has 0 spiro atoms. The fraction of sp³-hybridized carbons (Fsp3) is 0.250. The summed E-state index contributed by atoms with van der Waals surface area (Å²) in [5.74, 6) is 0.0142. The molecule has 5 nitrogen and oxygen atoms in total. The SMILES string of the molecule is CCS(=O)(=O)n1nnc2ccccc21. The van der Waals surface area contributed by atoms with Gasteiger partial charge in [-0.2, -0.15) is 0 Å². The van der Waals surface area contributed by atoms with Crippen molar-refractivity contribution in [3.05, 3.63) is 24.3 Å². The lowest BCUT2D eigenvalue weighted by atomic mass is 10.3. The summed E-state index contributed by atoms with van der Waals surface area (Å²) in [4.78, 5) is 0. The summed E-state index contributed by atoms with van der Waals surface area (Å²) < 4.78 is 24.0. The number of aromatic nitrogens is 3. The van der Waals surface area contributed by atoms with Crippen LogP contribution in [-0.4, -0.2) is 28.6 Å². The van der Waals surface area contributed by atoms with Crippen molar-refractivity contribution < 1.29 is 8.42 Å². The van der Waals surface area contributed by atoms with Crippen molar-refractivity contribution in [2.24, 2.45) is 0 Å². The van der Waals surface area contributed by atoms with Gasteiger partial charge in [0.05, 0.1) is 5.75 Å². The Morgan fingerprint density at radius 1 is 1.36 bits per heavy atom. The van der Waals surface area contributed by atoms with Gasteiger partial charge in [0.15, 0.2) is 0 Å². The van der Waals surface area contributed by atoms with Crippen LogP contribution in [0.1, 0.15) is 6.92 Å². The first-order chi connectivity index (χ1) is 6.65. The van der Waals surface area contributed by atoms with Crippen molar-refractivity contribution in [1.29, 1.82) is 0 Å². The fourth-order valence-corrected chi connectivity index (χ4v) is 2.02. The Bertz CT molecular complexity index is 559. The Hall–Kier alpha value is -1.43. The van der Waals surface area contributed by atoms with Gasteiger partial charge in [0.1, 0.15) is 11.0 Å². The second-order valence-electron chi connectivity index (χ2n) is 2.82. The van der Waals surface area contributed by atoms with Crippen molar-refractivity contribution in [2.75, 3.05) is 5.75 Å². The van der Waals surface area contributed by atoms with E-state index in [0.29, 0.717) is 11.0 Å². The predicted octanol–water partition coefficient (Wildman–Crippen LogP) is 0.629. The Morgan fingerprint density at radius 2 is 2.07 bits per heavy atom. The van der Waals surface area contributed by atoms with Gasteiger partial charge in [-0.15, -0.1) is 9.19 Å². The van der Waals surface area contributed by atoms with Crippen molar-refractivity contribution in [2.45, 2.75) is 6.92 Å². The van der Waals surface area contributed by atoms with E-state index in [-0.39, 0.29) is 5.75 Å². The van der Waals surface area contributed by atoms with Crippen LogP contribution in [0.4, 0.5) is 0 Å². The van der Waals surface area contributed by atoms with E-state index in [9.17, 15) is 8.42 Å². The van der Waals surface area contributed by atoms with Gasteiger partial charge in [0.2, 0.25) is 0 Å². The van der Waals surface area contributed by atoms with E-state index in [1.54, 1.807) is 31.2 Å². The highest BCUT2D eigenvalue weighted by atomic mass is 32.2. The molecule has 2 aromatic rings. The molecule has 1 aromatic heterocycles. The topological polar surface area (TPSA) is 64.8 Å². The second kappa shape index (κ2) is 3.06. The van der Waals surface area contributed by atoms with Gasteiger partial charge in [-0.1, -0.05) is 17.3 Å². The largest absolute Gasteiger partial charge is 0.255 e. The van der Waals surface area contributed by atoms with Gasteiger partial charge in [0.25, 0.3) is 10.0 Å². The van der Waals surface area contributed by atoms with Gasteiger partial charge in [0, 0.05) is 0 Å². The van der Waals surface area contributed by atoms with Crippen molar-refractivity contribution in [3.8, 4) is 0 Å². The predicted molar refractivity (Wildman–Crippen MR) is 52.4 cm³/mol. The summed E-state index contributed by atoms with van der Waals surface area (Å²) >= 11 is 0. The molecular weight excluding hydrogens is 202 g/mol. The van der Waals surface area contributed by atoms with Crippen LogP contribution in [0.2, 0.25) is 0 Å². The Balaban J connectivity index is 2.77. The quantitative estimate of drug-likeness (QED) is 0.730. The molecule has 0 saturated heterocycles. The van der Waals surface area contributed by atoms with Crippen LogP contribution < -0.4 is 0 Å². The number of rotatable bonds is 2. The molecule has 0 bridgehead atoms. The maximum Gasteiger partial charge on any atom is 0.255 e. The van der Waals surface area contributed by atoms with Crippen LogP contribution in [0.5, 0.6) is 0 Å². The smallest absolute Gasteiger partial charge is 0.205 e. The lowest BCUT2D eigenvalue weighted by Crippen LogP contribution is -2.16. The lowest BCUT2D eigenvalue weighted by Gasteiger charge is -1.99. The molecule has 1 heterocycles. The zero-order valence-electron chi connectivity index (χ0n) is 7.58. The highest BCUT2D eigenvalue weighted by Crippen LogP contribution is 2.11. The number of nitrogens with zero attached hydrogens (tertiary/aromatic N) is 3. The zero-order chi connectivity index (χ0) is 10.2. The molecule has 0 saturated carbocycles. The summed E-state index contributed by atoms with van der Waals surface area (Å²) in [5.41, 5.74) is 1.11. The van der Waals surface area contributed by atoms with E-state index < -0.39 is 10.0 Å². The third-order valence-electron chi connectivity index (χ3n) is 1.95. The first kappa shape index (κ1) is 9.14. The van der Waals surface area contributed by atoms with E-state index in [2.05, 4.69) is 10.3 Å². The Labute approximate surface area is 81.4 Å². The van der Waals surface area contributed by atoms with Crippen LogP contribution in [0.15, 0.2) is 24.3 Å². The average molecular weight is 211 g/mol. The second-order valence-corrected chi connectivity index (χ2v) is 4.91. The maximum atomic E-state index is 11.5. The van der Waals surface area contributed by atoms with Gasteiger partial charge in [-0.3, -0.25) is 0 Å². The number of benzene rings is 1. The molecule has 0 atom stereocenters. The minimum Gasteiger partial charge on any atom is -0.205 e. The molecule has 0 amide bonds. The number of hydrogen-bond donors (Lipinski definition) is 0. The average Bonchev–Trinajstić information content (AvgIpc) is 2.61. The van der Waals surface area contributed by atoms with E-state index in [1.165, 1.54) is 0 Å². The number of hydrogen-bond acceptors (Lipinski definition) is 4. The molecule has 1 aromatic carbocycles. The molecule has 0 aliphatic carbocycles. The molecule has 14 heavy (non-hydrogen) atoms. The molecule has 0 aliphatic heterocycles. The van der Waals surface area contributed by atoms with Crippen molar-refractivity contribution in [3.63, 3.8) is 0 Å². The van der Waals surface area contributed by atoms with E-state index in [1.807, 2.05) is 0 Å². The molecule has 0 aliphatic rings. The van der Waals surface area contributed by atoms with Gasteiger partial charge in [-0.05, 0) is 19.1 Å². The highest BCUT2D eigenvalue weighted by molar-refractivity contribution is 7.89. The van der Waals surface area contributed by atoms with Crippen LogP contribution in [0.25, 0.3) is 11.0 Å². The summed E-state index contributed by atoms with van der Waals surface area (Å²) in [6.07, 6.45) is 0. The number of fused-ring (bicyclic) bond motifs is 1. The third-order valence-corrected chi connectivity index (χ3v) is 3.48. The van der Waals surface area contributed by atoms with E-state index in [0.717, 1.165) is 4.09 Å². The van der Waals surface area contributed by atoms with Crippen molar-refractivity contribution >= 4 is 21.1 Å². The highest BCUT2D eigenvalue weighted by Gasteiger charge is 2.15. The zero-order valence-corrected chi connectivity index (χ0v) is 8.40. The van der Waals surface area contributed by atoms with Crippen LogP contribution in [-0.2, 0) is 10.0 Å². The molecule has 0 fully saturated rings. The van der Waals surface area contributed by atoms with Gasteiger partial charge >= 0.3 is 0 Å². The first-order valence-corrected chi connectivity index (χ1v) is 5.80. The lowest BCUT2D eigenvalue weighted by molar-refractivity contribution is 0.581. The van der Waals surface area contributed by atoms with E-state index >= 15 is 0 Å². The monoisotopic (exact) mass is 211 g/mol. The van der Waals surface area contributed by atoms with E-state index in [4.69, 9.17) is 0 Å². The summed E-state index contributed by atoms with van der Waals surface area (Å²) in [5, 5.41) is 7.38. The molecule has 0 N–H and O–H groups in total. The third kappa shape index (κ3) is 1.27. The first-order valence-electron chi connectivity index (χ1n) is 4.19. The minimum atomic E-state index is -3.34. The molecule has 0 radical (unpaired) electrons. The summed E-state index contributed by atoms with van der Waals surface area (Å²) in [6.45, 7) is 1.58. The molecule has 2 rings (SSSR count). The molecular formula is C8H9N3O2S. The van der Waals surface area contributed by atoms with Crippen molar-refractivity contribution in [1.82, 2.24) is 14.4 Å². The minimum absolute atomic E-state index is 0.0142. The summed E-state index contributed by atoms with van der Waals surface area (Å²) in [7, 11) is -3.34. The maximum absolute atomic E-state index is 11.5. The number of para-hydroxylation sites is 1. The normalized spacial score (nSPS) is 12.1. The molecule has 0 unspecified atom stereocenters. The Morgan fingerprint density at radius 3 is 2.79 bits per heavy atom.